The van der Waals surface area contributed by atoms with Crippen molar-refractivity contribution in [3.63, 3.8) is 0 Å². The Morgan fingerprint density at radius 3 is 2.45 bits per heavy atom. The summed E-state index contributed by atoms with van der Waals surface area (Å²) in [5.74, 6) is 0.997. The van der Waals surface area contributed by atoms with Crippen molar-refractivity contribution in [1.29, 1.82) is 0 Å². The van der Waals surface area contributed by atoms with Crippen LogP contribution in [0.2, 0.25) is 0 Å². The molecule has 0 bridgehead atoms. The number of aliphatic hydroxyl groups excluding tert-OH is 3. The van der Waals surface area contributed by atoms with Gasteiger partial charge >= 0.3 is 5.97 Å². The largest absolute Gasteiger partial charge is 0.481 e. The zero-order valence-electron chi connectivity index (χ0n) is 18.3. The third-order valence-corrected chi connectivity index (χ3v) is 10.3. The van der Waals surface area contributed by atoms with Crippen LogP contribution >= 0.6 is 0 Å². The predicted molar refractivity (Wildman–Crippen MR) is 110 cm³/mol. The minimum Gasteiger partial charge on any atom is -0.481 e. The van der Waals surface area contributed by atoms with Crippen molar-refractivity contribution < 1.29 is 25.2 Å². The molecule has 0 radical (unpaired) electrons. The molecule has 0 spiro atoms. The van der Waals surface area contributed by atoms with E-state index in [1.165, 1.54) is 0 Å². The third-order valence-electron chi connectivity index (χ3n) is 10.3. The molecule has 4 rings (SSSR count). The van der Waals surface area contributed by atoms with Gasteiger partial charge in [-0.15, -0.1) is 0 Å². The molecule has 5 heteroatoms. The lowest BCUT2D eigenvalue weighted by Gasteiger charge is -2.63. The fourth-order valence-corrected chi connectivity index (χ4v) is 8.68. The molecule has 1 unspecified atom stereocenters. The van der Waals surface area contributed by atoms with Gasteiger partial charge < -0.3 is 20.4 Å². The first-order valence-electron chi connectivity index (χ1n) is 11.8. The standard InChI is InChI=1S/C24H40O5/c1-13(4-7-21(28)29)16-5-6-17-22-18(12-20(27)24(16,17)3)23(2)9-8-15(25)10-14(23)11-19(22)26/h13-20,22,25-27H,4-12H2,1-3H3,(H,28,29)/t13-,14-,15-,16-,17+,18+,19-,20+,22?,23+,24-/m1/s1. The van der Waals surface area contributed by atoms with Crippen LogP contribution in [0, 0.1) is 46.3 Å². The number of hydrogen-bond acceptors (Lipinski definition) is 4. The maximum absolute atomic E-state index is 11.5. The molecule has 0 aromatic rings. The number of rotatable bonds is 4. The first kappa shape index (κ1) is 21.6. The van der Waals surface area contributed by atoms with Gasteiger partial charge in [0, 0.05) is 6.42 Å². The molecule has 4 saturated carbocycles. The molecule has 0 saturated heterocycles. The van der Waals surface area contributed by atoms with Crippen LogP contribution in [0.5, 0.6) is 0 Å². The number of carbonyl (C=O) groups is 1. The van der Waals surface area contributed by atoms with Crippen LogP contribution in [0.4, 0.5) is 0 Å². The summed E-state index contributed by atoms with van der Waals surface area (Å²) in [6.45, 7) is 6.72. The Balaban J connectivity index is 1.61. The Bertz CT molecular complexity index is 637. The number of carboxylic acids is 1. The maximum atomic E-state index is 11.5. The predicted octanol–water partition coefficient (Wildman–Crippen LogP) is 3.45. The molecule has 5 nitrogen and oxygen atoms in total. The molecule has 0 heterocycles. The Morgan fingerprint density at radius 2 is 1.76 bits per heavy atom. The van der Waals surface area contributed by atoms with Gasteiger partial charge in [0.1, 0.15) is 0 Å². The van der Waals surface area contributed by atoms with E-state index in [4.69, 9.17) is 5.11 Å². The molecule has 0 aliphatic heterocycles. The SMILES string of the molecule is C[C@H](CCC(=O)O)[C@H]1CC[C@H]2C3[C@H](O)C[C@H]4C[C@H](O)CC[C@]4(C)[C@H]3C[C@H](O)[C@]12C. The van der Waals surface area contributed by atoms with E-state index < -0.39 is 12.1 Å². The molecule has 0 amide bonds. The second-order valence-electron chi connectivity index (χ2n) is 11.4. The number of aliphatic hydroxyl groups is 3. The molecule has 4 aliphatic carbocycles. The number of aliphatic carboxylic acids is 1. The molecule has 29 heavy (non-hydrogen) atoms. The van der Waals surface area contributed by atoms with E-state index in [1.54, 1.807) is 0 Å². The molecule has 0 aromatic carbocycles. The second kappa shape index (κ2) is 7.49. The van der Waals surface area contributed by atoms with Gasteiger partial charge in [-0.05, 0) is 97.7 Å². The normalized spacial score (nSPS) is 52.9. The van der Waals surface area contributed by atoms with Crippen LogP contribution in [0.15, 0.2) is 0 Å². The smallest absolute Gasteiger partial charge is 0.303 e. The first-order chi connectivity index (χ1) is 13.6. The lowest BCUT2D eigenvalue weighted by Crippen LogP contribution is -2.62. The van der Waals surface area contributed by atoms with E-state index in [1.807, 2.05) is 0 Å². The average molecular weight is 409 g/mol. The van der Waals surface area contributed by atoms with Crippen molar-refractivity contribution >= 4 is 5.97 Å². The highest BCUT2D eigenvalue weighted by Gasteiger charge is 2.65. The van der Waals surface area contributed by atoms with Gasteiger partial charge in [0.05, 0.1) is 18.3 Å². The van der Waals surface area contributed by atoms with E-state index >= 15 is 0 Å². The second-order valence-corrected chi connectivity index (χ2v) is 11.4. The molecule has 4 aliphatic rings. The Morgan fingerprint density at radius 1 is 1.03 bits per heavy atom. The van der Waals surface area contributed by atoms with E-state index in [0.29, 0.717) is 30.1 Å². The van der Waals surface area contributed by atoms with Crippen LogP contribution < -0.4 is 0 Å². The first-order valence-corrected chi connectivity index (χ1v) is 11.8. The van der Waals surface area contributed by atoms with Gasteiger partial charge in [0.15, 0.2) is 0 Å². The zero-order chi connectivity index (χ0) is 21.1. The highest BCUT2D eigenvalue weighted by atomic mass is 16.4. The number of fused-ring (bicyclic) bond motifs is 5. The summed E-state index contributed by atoms with van der Waals surface area (Å²) in [4.78, 5) is 11.1. The molecule has 11 atom stereocenters. The summed E-state index contributed by atoms with van der Waals surface area (Å²) < 4.78 is 0. The van der Waals surface area contributed by atoms with E-state index in [2.05, 4.69) is 20.8 Å². The van der Waals surface area contributed by atoms with E-state index in [-0.39, 0.29) is 41.3 Å². The molecule has 0 aromatic heterocycles. The number of carboxylic acid groups (broad SMARTS) is 1. The summed E-state index contributed by atoms with van der Waals surface area (Å²) in [5, 5.41) is 42.0. The minimum absolute atomic E-state index is 0.0957. The topological polar surface area (TPSA) is 98.0 Å². The van der Waals surface area contributed by atoms with Crippen molar-refractivity contribution in [3.8, 4) is 0 Å². The van der Waals surface area contributed by atoms with Crippen LogP contribution in [-0.4, -0.2) is 44.7 Å². The summed E-state index contributed by atoms with van der Waals surface area (Å²) >= 11 is 0. The average Bonchev–Trinajstić information content (AvgIpc) is 3.01. The quantitative estimate of drug-likeness (QED) is 0.571. The molecular formula is C24H40O5. The van der Waals surface area contributed by atoms with Crippen molar-refractivity contribution in [1.82, 2.24) is 0 Å². The molecule has 4 fully saturated rings. The summed E-state index contributed by atoms with van der Waals surface area (Å²) in [7, 11) is 0. The van der Waals surface area contributed by atoms with E-state index in [0.717, 1.165) is 44.9 Å². The van der Waals surface area contributed by atoms with Crippen molar-refractivity contribution in [2.24, 2.45) is 46.3 Å². The van der Waals surface area contributed by atoms with Crippen LogP contribution in [0.25, 0.3) is 0 Å². The van der Waals surface area contributed by atoms with Crippen LogP contribution in [0.1, 0.15) is 78.6 Å². The van der Waals surface area contributed by atoms with Crippen molar-refractivity contribution in [3.05, 3.63) is 0 Å². The van der Waals surface area contributed by atoms with Crippen LogP contribution in [0.3, 0.4) is 0 Å². The highest BCUT2D eigenvalue weighted by Crippen LogP contribution is 2.68. The van der Waals surface area contributed by atoms with Gasteiger partial charge in [0.25, 0.3) is 0 Å². The number of hydrogen-bond donors (Lipinski definition) is 4. The van der Waals surface area contributed by atoms with Crippen molar-refractivity contribution in [2.45, 2.75) is 96.9 Å². The zero-order valence-corrected chi connectivity index (χ0v) is 18.3. The fourth-order valence-electron chi connectivity index (χ4n) is 8.68. The Kier molecular flexibility index (Phi) is 5.57. The fraction of sp³-hybridized carbons (Fsp3) is 0.958. The maximum Gasteiger partial charge on any atom is 0.303 e. The van der Waals surface area contributed by atoms with Gasteiger partial charge in [0.2, 0.25) is 0 Å². The van der Waals surface area contributed by atoms with E-state index in [9.17, 15) is 20.1 Å². The van der Waals surface area contributed by atoms with Gasteiger partial charge in [-0.2, -0.15) is 0 Å². The third kappa shape index (κ3) is 3.27. The van der Waals surface area contributed by atoms with Gasteiger partial charge in [-0.25, -0.2) is 0 Å². The van der Waals surface area contributed by atoms with Gasteiger partial charge in [-0.3, -0.25) is 4.79 Å². The Hall–Kier alpha value is -0.650. The van der Waals surface area contributed by atoms with Crippen LogP contribution in [-0.2, 0) is 4.79 Å². The lowest BCUT2D eigenvalue weighted by molar-refractivity contribution is -0.207. The molecule has 166 valence electrons. The lowest BCUT2D eigenvalue weighted by atomic mass is 9.43. The molecular weight excluding hydrogens is 368 g/mol. The Labute approximate surface area is 174 Å². The minimum atomic E-state index is -0.748. The summed E-state index contributed by atoms with van der Waals surface area (Å²) in [6, 6.07) is 0. The highest BCUT2D eigenvalue weighted by molar-refractivity contribution is 5.66. The molecule has 4 N–H and O–H groups in total. The monoisotopic (exact) mass is 408 g/mol. The summed E-state index contributed by atoms with van der Waals surface area (Å²) in [5.41, 5.74) is -0.143. The van der Waals surface area contributed by atoms with Gasteiger partial charge in [-0.1, -0.05) is 20.8 Å². The van der Waals surface area contributed by atoms with Crippen molar-refractivity contribution in [2.75, 3.05) is 0 Å². The summed E-state index contributed by atoms with van der Waals surface area (Å²) in [6.07, 6.45) is 6.00.